The zero-order chi connectivity index (χ0) is 24.7. The first-order valence-corrected chi connectivity index (χ1v) is 10.2. The molecule has 3 aromatic carbocycles. The second-order valence-corrected chi connectivity index (χ2v) is 7.25. The molecule has 0 radical (unpaired) electrons. The summed E-state index contributed by atoms with van der Waals surface area (Å²) in [5.41, 5.74) is 3.57. The van der Waals surface area contributed by atoms with Crippen LogP contribution in [0.25, 0.3) is 0 Å². The number of hydrogen-bond donors (Lipinski definition) is 3. The van der Waals surface area contributed by atoms with Crippen LogP contribution in [0.5, 0.6) is 11.5 Å². The van der Waals surface area contributed by atoms with Crippen LogP contribution in [0.1, 0.15) is 36.6 Å². The first-order chi connectivity index (χ1) is 16.3. The Kier molecular flexibility index (Phi) is 7.83. The van der Waals surface area contributed by atoms with Crippen molar-refractivity contribution in [1.82, 2.24) is 5.43 Å². The van der Waals surface area contributed by atoms with Gasteiger partial charge in [0.25, 0.3) is 11.8 Å². The van der Waals surface area contributed by atoms with Crippen LogP contribution in [0.2, 0.25) is 5.02 Å². The summed E-state index contributed by atoms with van der Waals surface area (Å²) in [6, 6.07) is 15.7. The zero-order valence-corrected chi connectivity index (χ0v) is 18.9. The minimum Gasteiger partial charge on any atom is -0.493 e. The third-order valence-electron chi connectivity index (χ3n) is 4.65. The van der Waals surface area contributed by atoms with E-state index in [1.165, 1.54) is 44.7 Å². The van der Waals surface area contributed by atoms with E-state index in [-0.39, 0.29) is 34.1 Å². The molecule has 9 nitrogen and oxygen atoms in total. The number of rotatable bonds is 8. The SMILES string of the molecule is COc1ccc(/C=N\NC(=O)c2ccc(NC(=O)c3cccc(Cl)c3)cc2)c(C(=O)O)c1OC. The maximum absolute atomic E-state index is 12.4. The van der Waals surface area contributed by atoms with Crippen LogP contribution < -0.4 is 20.2 Å². The lowest BCUT2D eigenvalue weighted by molar-refractivity contribution is 0.0692. The van der Waals surface area contributed by atoms with Gasteiger partial charge in [0, 0.05) is 27.4 Å². The Morgan fingerprint density at radius 3 is 2.29 bits per heavy atom. The van der Waals surface area contributed by atoms with Gasteiger partial charge in [-0.2, -0.15) is 5.10 Å². The molecule has 0 heterocycles. The summed E-state index contributed by atoms with van der Waals surface area (Å²) in [6.45, 7) is 0. The predicted molar refractivity (Wildman–Crippen MR) is 127 cm³/mol. The number of carbonyl (C=O) groups is 3. The number of carboxylic acids is 1. The molecule has 0 fully saturated rings. The molecule has 0 aliphatic rings. The van der Waals surface area contributed by atoms with Crippen LogP contribution in [0.15, 0.2) is 65.8 Å². The van der Waals surface area contributed by atoms with Gasteiger partial charge in [0.05, 0.1) is 20.4 Å². The molecule has 3 N–H and O–H groups in total. The van der Waals surface area contributed by atoms with E-state index in [1.54, 1.807) is 36.4 Å². The summed E-state index contributed by atoms with van der Waals surface area (Å²) in [6.07, 6.45) is 1.20. The van der Waals surface area contributed by atoms with E-state index >= 15 is 0 Å². The van der Waals surface area contributed by atoms with Crippen LogP contribution in [-0.4, -0.2) is 43.3 Å². The summed E-state index contributed by atoms with van der Waals surface area (Å²) in [5, 5.41) is 16.5. The average Bonchev–Trinajstić information content (AvgIpc) is 2.83. The quantitative estimate of drug-likeness (QED) is 0.329. The van der Waals surface area contributed by atoms with E-state index in [9.17, 15) is 19.5 Å². The van der Waals surface area contributed by atoms with E-state index in [0.29, 0.717) is 16.3 Å². The van der Waals surface area contributed by atoms with Gasteiger partial charge in [-0.25, -0.2) is 10.2 Å². The van der Waals surface area contributed by atoms with Gasteiger partial charge < -0.3 is 19.9 Å². The number of hydrazone groups is 1. The first-order valence-electron chi connectivity index (χ1n) is 9.82. The molecule has 3 aromatic rings. The molecule has 0 aromatic heterocycles. The van der Waals surface area contributed by atoms with Gasteiger partial charge in [0.15, 0.2) is 11.5 Å². The van der Waals surface area contributed by atoms with E-state index < -0.39 is 11.9 Å². The monoisotopic (exact) mass is 481 g/mol. The van der Waals surface area contributed by atoms with Gasteiger partial charge in [0.1, 0.15) is 5.56 Å². The van der Waals surface area contributed by atoms with Crippen molar-refractivity contribution in [3.05, 3.63) is 87.9 Å². The highest BCUT2D eigenvalue weighted by Gasteiger charge is 2.20. The van der Waals surface area contributed by atoms with Crippen LogP contribution in [-0.2, 0) is 0 Å². The van der Waals surface area contributed by atoms with Gasteiger partial charge in [0.2, 0.25) is 0 Å². The number of ether oxygens (including phenoxy) is 2. The number of halogens is 1. The third kappa shape index (κ3) is 5.70. The van der Waals surface area contributed by atoms with Gasteiger partial charge >= 0.3 is 5.97 Å². The Hall–Kier alpha value is -4.37. The number of nitrogens with zero attached hydrogens (tertiary/aromatic N) is 1. The summed E-state index contributed by atoms with van der Waals surface area (Å²) in [5.74, 6) is -1.81. The highest BCUT2D eigenvalue weighted by atomic mass is 35.5. The van der Waals surface area contributed by atoms with Crippen LogP contribution >= 0.6 is 11.6 Å². The summed E-state index contributed by atoms with van der Waals surface area (Å²) >= 11 is 5.90. The van der Waals surface area contributed by atoms with E-state index in [4.69, 9.17) is 21.1 Å². The number of methoxy groups -OCH3 is 2. The smallest absolute Gasteiger partial charge is 0.340 e. The summed E-state index contributed by atoms with van der Waals surface area (Å²) in [4.78, 5) is 36.4. The number of carboxylic acid groups (broad SMARTS) is 1. The lowest BCUT2D eigenvalue weighted by Crippen LogP contribution is -2.18. The lowest BCUT2D eigenvalue weighted by atomic mass is 10.1. The highest BCUT2D eigenvalue weighted by Crippen LogP contribution is 2.32. The summed E-state index contributed by atoms with van der Waals surface area (Å²) < 4.78 is 10.3. The molecule has 10 heteroatoms. The van der Waals surface area contributed by atoms with Crippen molar-refractivity contribution in [1.29, 1.82) is 0 Å². The van der Waals surface area contributed by atoms with Crippen LogP contribution in [0.4, 0.5) is 5.69 Å². The minimum atomic E-state index is -1.24. The Morgan fingerprint density at radius 1 is 0.941 bits per heavy atom. The zero-order valence-electron chi connectivity index (χ0n) is 18.2. The molecule has 0 atom stereocenters. The molecule has 0 saturated carbocycles. The van der Waals surface area contributed by atoms with E-state index in [0.717, 1.165) is 0 Å². The maximum atomic E-state index is 12.4. The third-order valence-corrected chi connectivity index (χ3v) is 4.89. The highest BCUT2D eigenvalue weighted by molar-refractivity contribution is 6.31. The van der Waals surface area contributed by atoms with Crippen LogP contribution in [0, 0.1) is 0 Å². The van der Waals surface area contributed by atoms with Gasteiger partial charge in [-0.05, 0) is 54.6 Å². The van der Waals surface area contributed by atoms with E-state index in [2.05, 4.69) is 15.8 Å². The second kappa shape index (κ2) is 11.0. The second-order valence-electron chi connectivity index (χ2n) is 6.81. The average molecular weight is 482 g/mol. The van der Waals surface area contributed by atoms with Crippen molar-refractivity contribution in [2.75, 3.05) is 19.5 Å². The molecular weight excluding hydrogens is 462 g/mol. The van der Waals surface area contributed by atoms with Crippen molar-refractivity contribution in [2.45, 2.75) is 0 Å². The van der Waals surface area contributed by atoms with Gasteiger partial charge in [-0.15, -0.1) is 0 Å². The van der Waals surface area contributed by atoms with Crippen molar-refractivity contribution in [2.24, 2.45) is 5.10 Å². The van der Waals surface area contributed by atoms with Crippen molar-refractivity contribution in [3.63, 3.8) is 0 Å². The van der Waals surface area contributed by atoms with E-state index in [1.807, 2.05) is 0 Å². The molecular formula is C24H20ClN3O6. The molecule has 2 amide bonds. The predicted octanol–water partition coefficient (Wildman–Crippen LogP) is 4.07. The number of nitrogens with one attached hydrogen (secondary N) is 2. The maximum Gasteiger partial charge on any atom is 0.340 e. The van der Waals surface area contributed by atoms with Crippen molar-refractivity contribution >= 4 is 41.3 Å². The molecule has 0 aliphatic heterocycles. The Morgan fingerprint density at radius 2 is 1.68 bits per heavy atom. The number of benzene rings is 3. The fourth-order valence-electron chi connectivity index (χ4n) is 3.03. The number of carbonyl (C=O) groups excluding carboxylic acids is 2. The fraction of sp³-hybridized carbons (Fsp3) is 0.0833. The topological polar surface area (TPSA) is 126 Å². The normalized spacial score (nSPS) is 10.6. The Balaban J connectivity index is 1.67. The molecule has 174 valence electrons. The largest absolute Gasteiger partial charge is 0.493 e. The number of hydrogen-bond acceptors (Lipinski definition) is 6. The van der Waals surface area contributed by atoms with Crippen molar-refractivity contribution < 1.29 is 29.0 Å². The first kappa shape index (κ1) is 24.3. The Bertz CT molecular complexity index is 1260. The molecule has 0 spiro atoms. The lowest BCUT2D eigenvalue weighted by Gasteiger charge is -2.12. The van der Waals surface area contributed by atoms with Gasteiger partial charge in [-0.1, -0.05) is 17.7 Å². The Labute approximate surface area is 200 Å². The molecule has 0 saturated heterocycles. The minimum absolute atomic E-state index is 0.0423. The summed E-state index contributed by atoms with van der Waals surface area (Å²) in [7, 11) is 2.72. The van der Waals surface area contributed by atoms with Gasteiger partial charge in [-0.3, -0.25) is 9.59 Å². The molecule has 34 heavy (non-hydrogen) atoms. The molecule has 0 aliphatic carbocycles. The molecule has 0 bridgehead atoms. The standard InChI is InChI=1S/C24H20ClN3O6/c1-33-19-11-8-16(20(24(31)32)21(19)34-2)13-26-28-23(30)14-6-9-18(10-7-14)27-22(29)15-4-3-5-17(25)12-15/h3-13H,1-2H3,(H,27,29)(H,28,30)(H,31,32)/b26-13-. The molecule has 3 rings (SSSR count). The van der Waals surface area contributed by atoms with Crippen LogP contribution in [0.3, 0.4) is 0 Å². The number of anilines is 1. The fourth-order valence-corrected chi connectivity index (χ4v) is 3.22. The number of amides is 2. The number of aromatic carboxylic acids is 1. The van der Waals surface area contributed by atoms with Crippen molar-refractivity contribution in [3.8, 4) is 11.5 Å². The molecule has 0 unspecified atom stereocenters.